The van der Waals surface area contributed by atoms with E-state index in [-0.39, 0.29) is 13.0 Å². The van der Waals surface area contributed by atoms with Crippen molar-refractivity contribution in [2.24, 2.45) is 11.8 Å². The van der Waals surface area contributed by atoms with Crippen LogP contribution in [0.3, 0.4) is 0 Å². The summed E-state index contributed by atoms with van der Waals surface area (Å²) >= 11 is 0. The third kappa shape index (κ3) is 10.6. The second-order valence-corrected chi connectivity index (χ2v) is 8.00. The average molecular weight is 383 g/mol. The van der Waals surface area contributed by atoms with Crippen molar-refractivity contribution in [1.82, 2.24) is 0 Å². The largest absolute Gasteiger partial charge is 0.295 e. The molecule has 0 unspecified atom stereocenters. The van der Waals surface area contributed by atoms with Gasteiger partial charge in [0.05, 0.1) is 0 Å². The minimum atomic E-state index is -0.479. The maximum absolute atomic E-state index is 12.5. The lowest BCUT2D eigenvalue weighted by Gasteiger charge is -2.22. The van der Waals surface area contributed by atoms with Crippen molar-refractivity contribution >= 4 is 5.78 Å². The number of hydrogen-bond donors (Lipinski definition) is 0. The van der Waals surface area contributed by atoms with E-state index in [0.717, 1.165) is 37.5 Å². The molecular formula is C24H40F2O. The molecule has 156 valence electrons. The van der Waals surface area contributed by atoms with E-state index in [0.29, 0.717) is 5.56 Å². The van der Waals surface area contributed by atoms with Gasteiger partial charge in [-0.15, -0.1) is 0 Å². The minimum Gasteiger partial charge on any atom is -0.295 e. The van der Waals surface area contributed by atoms with Crippen molar-refractivity contribution in [3.63, 3.8) is 0 Å². The molecule has 0 amide bonds. The van der Waals surface area contributed by atoms with Gasteiger partial charge in [0.2, 0.25) is 0 Å². The smallest absolute Gasteiger partial charge is 0.159 e. The van der Waals surface area contributed by atoms with Gasteiger partial charge in [-0.2, -0.15) is 0 Å². The molecule has 0 N–H and O–H groups in total. The first-order valence-corrected chi connectivity index (χ1v) is 10.9. The summed E-state index contributed by atoms with van der Waals surface area (Å²) in [5.41, 5.74) is 0.543. The van der Waals surface area contributed by atoms with Gasteiger partial charge in [0, 0.05) is 6.99 Å². The second kappa shape index (κ2) is 13.8. The van der Waals surface area contributed by atoms with Crippen LogP contribution in [0.15, 0.2) is 24.3 Å². The lowest BCUT2D eigenvalue weighted by molar-refractivity contribution is 0.101. The van der Waals surface area contributed by atoms with Gasteiger partial charge in [-0.25, -0.2) is 8.78 Å². The molecule has 0 radical (unpaired) electrons. The standard InChI is InChI=1S/C8H7FO.C8H15F.C8H16.H2/c1-6(10)7-2-4-8(9)5-3-7;1-2-7-3-5-8(9)6-4-7;1-2-8-6-4-3-5-7-8;/h2-5H,1H3;7-8H,2-6H2,1H3;8H,2-7H2,1H3;1H. The van der Waals surface area contributed by atoms with Crippen LogP contribution in [0.2, 0.25) is 0 Å². The maximum Gasteiger partial charge on any atom is 0.159 e. The number of ketones is 1. The van der Waals surface area contributed by atoms with Crippen LogP contribution in [-0.4, -0.2) is 12.0 Å². The topological polar surface area (TPSA) is 17.1 Å². The van der Waals surface area contributed by atoms with Crippen LogP contribution < -0.4 is 0 Å². The average Bonchev–Trinajstić information content (AvgIpc) is 2.70. The molecule has 2 saturated carbocycles. The minimum absolute atomic E-state index is 0. The first-order chi connectivity index (χ1) is 13.0. The van der Waals surface area contributed by atoms with Gasteiger partial charge in [0.15, 0.2) is 5.78 Å². The Kier molecular flexibility index (Phi) is 12.2. The Labute approximate surface area is 166 Å². The van der Waals surface area contributed by atoms with E-state index in [2.05, 4.69) is 13.8 Å². The number of rotatable bonds is 3. The van der Waals surface area contributed by atoms with Crippen LogP contribution in [0.1, 0.15) is 103 Å². The molecule has 3 rings (SSSR count). The number of hydrogen-bond acceptors (Lipinski definition) is 1. The van der Waals surface area contributed by atoms with Gasteiger partial charge in [-0.1, -0.05) is 58.8 Å². The number of halogens is 2. The van der Waals surface area contributed by atoms with E-state index in [9.17, 15) is 13.6 Å². The lowest BCUT2D eigenvalue weighted by Crippen LogP contribution is -2.13. The Bertz CT molecular complexity index is 504. The van der Waals surface area contributed by atoms with Crippen LogP contribution in [0, 0.1) is 17.7 Å². The van der Waals surface area contributed by atoms with Gasteiger partial charge < -0.3 is 0 Å². The first kappa shape index (κ1) is 23.8. The van der Waals surface area contributed by atoms with Gasteiger partial charge >= 0.3 is 0 Å². The van der Waals surface area contributed by atoms with Crippen molar-refractivity contribution in [2.75, 3.05) is 0 Å². The highest BCUT2D eigenvalue weighted by Gasteiger charge is 2.18. The van der Waals surface area contributed by atoms with Crippen LogP contribution in [0.5, 0.6) is 0 Å². The van der Waals surface area contributed by atoms with Crippen LogP contribution >= 0.6 is 0 Å². The van der Waals surface area contributed by atoms with Gasteiger partial charge in [-0.3, -0.25) is 4.79 Å². The molecule has 2 fully saturated rings. The summed E-state index contributed by atoms with van der Waals surface area (Å²) in [5.74, 6) is 1.56. The van der Waals surface area contributed by atoms with Crippen molar-refractivity contribution < 1.29 is 15.0 Å². The Hall–Kier alpha value is -1.25. The van der Waals surface area contributed by atoms with E-state index >= 15 is 0 Å². The van der Waals surface area contributed by atoms with Crippen LogP contribution in [-0.2, 0) is 0 Å². The third-order valence-corrected chi connectivity index (χ3v) is 5.91. The van der Waals surface area contributed by atoms with E-state index in [1.807, 2.05) is 0 Å². The Morgan fingerprint density at radius 1 is 0.889 bits per heavy atom. The van der Waals surface area contributed by atoms with Crippen molar-refractivity contribution in [3.05, 3.63) is 35.6 Å². The van der Waals surface area contributed by atoms with E-state index < -0.39 is 6.17 Å². The summed E-state index contributed by atoms with van der Waals surface area (Å²) in [7, 11) is 0. The molecule has 0 saturated heterocycles. The molecule has 1 aromatic rings. The molecule has 2 aliphatic carbocycles. The second-order valence-electron chi connectivity index (χ2n) is 8.00. The highest BCUT2D eigenvalue weighted by atomic mass is 19.1. The number of benzene rings is 1. The summed E-state index contributed by atoms with van der Waals surface area (Å²) in [5, 5.41) is 0. The van der Waals surface area contributed by atoms with Crippen LogP contribution in [0.4, 0.5) is 8.78 Å². The van der Waals surface area contributed by atoms with E-state index in [4.69, 9.17) is 0 Å². The van der Waals surface area contributed by atoms with Crippen molar-refractivity contribution in [1.29, 1.82) is 0 Å². The van der Waals surface area contributed by atoms with E-state index in [1.165, 1.54) is 76.1 Å². The molecule has 0 aliphatic heterocycles. The zero-order chi connectivity index (χ0) is 20.1. The lowest BCUT2D eigenvalue weighted by atomic mass is 9.87. The number of carbonyl (C=O) groups is 1. The maximum atomic E-state index is 12.5. The number of Topliss-reactive ketones (excluding diaryl/α,β-unsaturated/α-hetero) is 1. The first-order valence-electron chi connectivity index (χ1n) is 10.9. The molecule has 1 aromatic carbocycles. The third-order valence-electron chi connectivity index (χ3n) is 5.91. The van der Waals surface area contributed by atoms with Crippen LogP contribution in [0.25, 0.3) is 0 Å². The monoisotopic (exact) mass is 382 g/mol. The Morgan fingerprint density at radius 2 is 1.37 bits per heavy atom. The summed E-state index contributed by atoms with van der Waals surface area (Å²) in [6.45, 7) is 5.96. The predicted molar refractivity (Wildman–Crippen MR) is 113 cm³/mol. The molecule has 1 nitrogen and oxygen atoms in total. The van der Waals surface area contributed by atoms with Gasteiger partial charge in [0.1, 0.15) is 12.0 Å². The number of alkyl halides is 1. The normalized spacial score (nSPS) is 22.7. The predicted octanol–water partition coefficient (Wildman–Crippen LogP) is 8.18. The zero-order valence-corrected chi connectivity index (χ0v) is 17.5. The van der Waals surface area contributed by atoms with Gasteiger partial charge in [-0.05, 0) is 68.7 Å². The Morgan fingerprint density at radius 3 is 1.78 bits per heavy atom. The molecule has 2 aliphatic rings. The summed E-state index contributed by atoms with van der Waals surface area (Å²) in [4.78, 5) is 10.6. The summed E-state index contributed by atoms with van der Waals surface area (Å²) in [6.07, 6.45) is 13.6. The molecule has 0 bridgehead atoms. The molecule has 27 heavy (non-hydrogen) atoms. The molecule has 0 heterocycles. The molecule has 3 heteroatoms. The SMILES string of the molecule is CC(=O)c1ccc(F)cc1.CCC1CCC(F)CC1.CCC1CCCCC1.[HH]. The fourth-order valence-corrected chi connectivity index (χ4v) is 3.81. The van der Waals surface area contributed by atoms with Crippen molar-refractivity contribution in [2.45, 2.75) is 97.6 Å². The highest BCUT2D eigenvalue weighted by molar-refractivity contribution is 5.93. The van der Waals surface area contributed by atoms with Crippen molar-refractivity contribution in [3.8, 4) is 0 Å². The summed E-state index contributed by atoms with van der Waals surface area (Å²) in [6, 6.07) is 5.49. The highest BCUT2D eigenvalue weighted by Crippen LogP contribution is 2.28. The van der Waals surface area contributed by atoms with E-state index in [1.54, 1.807) is 0 Å². The molecule has 0 spiro atoms. The molecular weight excluding hydrogens is 342 g/mol. The quantitative estimate of drug-likeness (QED) is 0.482. The molecule has 0 aromatic heterocycles. The fraction of sp³-hybridized carbons (Fsp3) is 0.708. The zero-order valence-electron chi connectivity index (χ0n) is 17.5. The number of carbonyl (C=O) groups excluding carboxylic acids is 1. The fourth-order valence-electron chi connectivity index (χ4n) is 3.81. The molecule has 0 atom stereocenters. The summed E-state index contributed by atoms with van der Waals surface area (Å²) < 4.78 is 24.7. The Balaban J connectivity index is 0.000000386. The van der Waals surface area contributed by atoms with Gasteiger partial charge in [0.25, 0.3) is 0 Å².